The quantitative estimate of drug-likeness (QED) is 0.438. The smallest absolute Gasteiger partial charge is 0.270 e. The van der Waals surface area contributed by atoms with Gasteiger partial charge < -0.3 is 20.3 Å². The summed E-state index contributed by atoms with van der Waals surface area (Å²) in [4.78, 5) is 38.0. The maximum absolute atomic E-state index is 13.0. The number of carbonyl (C=O) groups excluding carboxylic acids is 2. The number of anilines is 3. The zero-order chi connectivity index (χ0) is 23.2. The van der Waals surface area contributed by atoms with Crippen LogP contribution in [0.25, 0.3) is 0 Å². The zero-order valence-corrected chi connectivity index (χ0v) is 17.7. The normalized spacial score (nSPS) is 13.3. The van der Waals surface area contributed by atoms with Gasteiger partial charge >= 0.3 is 0 Å². The van der Waals surface area contributed by atoms with Crippen LogP contribution in [0, 0.1) is 10.1 Å². The second kappa shape index (κ2) is 9.92. The Morgan fingerprint density at radius 3 is 2.06 bits per heavy atom. The summed E-state index contributed by atoms with van der Waals surface area (Å²) in [5.74, 6) is -0.694. The van der Waals surface area contributed by atoms with Crippen molar-refractivity contribution >= 4 is 34.6 Å². The van der Waals surface area contributed by atoms with E-state index in [0.717, 1.165) is 0 Å². The number of carbonyl (C=O) groups is 2. The minimum absolute atomic E-state index is 0.156. The van der Waals surface area contributed by atoms with Gasteiger partial charge in [0.2, 0.25) is 0 Å². The lowest BCUT2D eigenvalue weighted by Gasteiger charge is -2.30. The van der Waals surface area contributed by atoms with E-state index < -0.39 is 10.8 Å². The number of non-ortho nitro benzene ring substituents is 1. The van der Waals surface area contributed by atoms with Gasteiger partial charge in [0.05, 0.1) is 29.4 Å². The summed E-state index contributed by atoms with van der Waals surface area (Å²) in [7, 11) is 0. The molecule has 2 amide bonds. The average Bonchev–Trinajstić information content (AvgIpc) is 2.86. The topological polar surface area (TPSA) is 114 Å². The first-order valence-electron chi connectivity index (χ1n) is 10.4. The number of nitrogens with zero attached hydrogens (tertiary/aromatic N) is 2. The van der Waals surface area contributed by atoms with E-state index >= 15 is 0 Å². The molecule has 1 aliphatic heterocycles. The van der Waals surface area contributed by atoms with Crippen LogP contribution in [-0.2, 0) is 4.74 Å². The summed E-state index contributed by atoms with van der Waals surface area (Å²) in [5.41, 5.74) is 2.29. The molecule has 3 aromatic rings. The van der Waals surface area contributed by atoms with Crippen molar-refractivity contribution in [3.8, 4) is 0 Å². The molecular weight excluding hydrogens is 424 g/mol. The van der Waals surface area contributed by atoms with Crippen molar-refractivity contribution in [2.75, 3.05) is 41.8 Å². The molecular formula is C24H22N4O5. The predicted octanol–water partition coefficient (Wildman–Crippen LogP) is 3.94. The van der Waals surface area contributed by atoms with E-state index in [1.54, 1.807) is 54.6 Å². The van der Waals surface area contributed by atoms with E-state index in [1.807, 2.05) is 11.0 Å². The minimum atomic E-state index is -0.524. The van der Waals surface area contributed by atoms with Crippen LogP contribution < -0.4 is 15.5 Å². The molecule has 0 atom stereocenters. The van der Waals surface area contributed by atoms with Crippen molar-refractivity contribution in [3.63, 3.8) is 0 Å². The Labute approximate surface area is 190 Å². The number of ether oxygens (including phenoxy) is 1. The molecule has 1 heterocycles. The van der Waals surface area contributed by atoms with Crippen molar-refractivity contribution in [3.05, 3.63) is 94.0 Å². The van der Waals surface area contributed by atoms with Crippen molar-refractivity contribution in [1.82, 2.24) is 0 Å². The number of hydrogen-bond donors (Lipinski definition) is 2. The molecule has 9 nitrogen and oxygen atoms in total. The van der Waals surface area contributed by atoms with E-state index in [1.165, 1.54) is 12.1 Å². The summed E-state index contributed by atoms with van der Waals surface area (Å²) >= 11 is 0. The largest absolute Gasteiger partial charge is 0.378 e. The molecule has 1 aliphatic rings. The van der Waals surface area contributed by atoms with Crippen LogP contribution in [0.5, 0.6) is 0 Å². The highest BCUT2D eigenvalue weighted by Crippen LogP contribution is 2.27. The van der Waals surface area contributed by atoms with E-state index in [9.17, 15) is 19.7 Å². The standard InChI is InChI=1S/C24H22N4O5/c29-23(17-4-2-1-3-5-17)25-18-6-8-19(9-7-18)26-24(30)21-16-20(28(31)32)10-11-22(21)27-12-14-33-15-13-27/h1-11,16H,12-15H2,(H,25,29)(H,26,30). The van der Waals surface area contributed by atoms with Gasteiger partial charge in [0.1, 0.15) is 0 Å². The first-order valence-corrected chi connectivity index (χ1v) is 10.4. The SMILES string of the molecule is O=C(Nc1ccc(NC(=O)c2cc([N+](=O)[O-])ccc2N2CCOCC2)cc1)c1ccccc1. The van der Waals surface area contributed by atoms with Gasteiger partial charge in [-0.05, 0) is 42.5 Å². The summed E-state index contributed by atoms with van der Waals surface area (Å²) in [5, 5.41) is 16.8. The Bertz CT molecular complexity index is 1160. The van der Waals surface area contributed by atoms with Crippen LogP contribution >= 0.6 is 0 Å². The van der Waals surface area contributed by atoms with Gasteiger partial charge in [0.15, 0.2) is 0 Å². The van der Waals surface area contributed by atoms with E-state index in [0.29, 0.717) is 48.9 Å². The maximum atomic E-state index is 13.0. The number of hydrogen-bond acceptors (Lipinski definition) is 6. The van der Waals surface area contributed by atoms with Crippen molar-refractivity contribution in [1.29, 1.82) is 0 Å². The van der Waals surface area contributed by atoms with Crippen LogP contribution in [0.2, 0.25) is 0 Å². The summed E-state index contributed by atoms with van der Waals surface area (Å²) in [6.07, 6.45) is 0. The van der Waals surface area contributed by atoms with E-state index in [-0.39, 0.29) is 17.2 Å². The number of rotatable bonds is 6. The van der Waals surface area contributed by atoms with Gasteiger partial charge in [-0.25, -0.2) is 0 Å². The number of benzene rings is 3. The van der Waals surface area contributed by atoms with Crippen LogP contribution in [0.15, 0.2) is 72.8 Å². The van der Waals surface area contributed by atoms with Gasteiger partial charge in [-0.3, -0.25) is 19.7 Å². The lowest BCUT2D eigenvalue weighted by molar-refractivity contribution is -0.384. The number of nitro groups is 1. The third-order valence-electron chi connectivity index (χ3n) is 5.22. The molecule has 0 aliphatic carbocycles. The minimum Gasteiger partial charge on any atom is -0.378 e. The average molecular weight is 446 g/mol. The van der Waals surface area contributed by atoms with Gasteiger partial charge in [-0.2, -0.15) is 0 Å². The molecule has 0 spiro atoms. The van der Waals surface area contributed by atoms with Crippen LogP contribution in [-0.4, -0.2) is 43.0 Å². The van der Waals surface area contributed by atoms with Crippen molar-refractivity contribution in [2.24, 2.45) is 0 Å². The number of morpholine rings is 1. The third kappa shape index (κ3) is 5.34. The van der Waals surface area contributed by atoms with Gasteiger partial charge in [0, 0.05) is 42.2 Å². The first-order chi connectivity index (χ1) is 16.0. The maximum Gasteiger partial charge on any atom is 0.270 e. The van der Waals surface area contributed by atoms with E-state index in [4.69, 9.17) is 4.74 Å². The summed E-state index contributed by atoms with van der Waals surface area (Å²) in [6, 6.07) is 19.8. The Morgan fingerprint density at radius 1 is 0.848 bits per heavy atom. The van der Waals surface area contributed by atoms with Crippen LogP contribution in [0.1, 0.15) is 20.7 Å². The van der Waals surface area contributed by atoms with Crippen molar-refractivity contribution in [2.45, 2.75) is 0 Å². The fraction of sp³-hybridized carbons (Fsp3) is 0.167. The lowest BCUT2D eigenvalue weighted by atomic mass is 10.1. The van der Waals surface area contributed by atoms with Crippen LogP contribution in [0.4, 0.5) is 22.7 Å². The number of nitro benzene ring substituents is 1. The molecule has 0 bridgehead atoms. The highest BCUT2D eigenvalue weighted by Gasteiger charge is 2.22. The Morgan fingerprint density at radius 2 is 1.45 bits per heavy atom. The highest BCUT2D eigenvalue weighted by molar-refractivity contribution is 6.09. The molecule has 0 aromatic heterocycles. The predicted molar refractivity (Wildman–Crippen MR) is 125 cm³/mol. The Balaban J connectivity index is 1.50. The second-order valence-corrected chi connectivity index (χ2v) is 7.41. The molecule has 0 radical (unpaired) electrons. The molecule has 9 heteroatoms. The molecule has 2 N–H and O–H groups in total. The molecule has 0 saturated carbocycles. The lowest BCUT2D eigenvalue weighted by Crippen LogP contribution is -2.37. The number of amides is 2. The fourth-order valence-corrected chi connectivity index (χ4v) is 3.53. The van der Waals surface area contributed by atoms with Gasteiger partial charge in [-0.15, -0.1) is 0 Å². The molecule has 4 rings (SSSR count). The Kier molecular flexibility index (Phi) is 6.61. The Hall–Kier alpha value is -4.24. The highest BCUT2D eigenvalue weighted by atomic mass is 16.6. The molecule has 1 fully saturated rings. The molecule has 168 valence electrons. The number of nitrogens with one attached hydrogen (secondary N) is 2. The molecule has 3 aromatic carbocycles. The monoisotopic (exact) mass is 446 g/mol. The fourth-order valence-electron chi connectivity index (χ4n) is 3.53. The van der Waals surface area contributed by atoms with Crippen molar-refractivity contribution < 1.29 is 19.2 Å². The second-order valence-electron chi connectivity index (χ2n) is 7.41. The summed E-state index contributed by atoms with van der Waals surface area (Å²) < 4.78 is 5.37. The zero-order valence-electron chi connectivity index (χ0n) is 17.7. The van der Waals surface area contributed by atoms with Gasteiger partial charge in [0.25, 0.3) is 17.5 Å². The first kappa shape index (κ1) is 22.0. The molecule has 33 heavy (non-hydrogen) atoms. The third-order valence-corrected chi connectivity index (χ3v) is 5.22. The molecule has 1 saturated heterocycles. The van der Waals surface area contributed by atoms with Crippen LogP contribution in [0.3, 0.4) is 0 Å². The molecule has 0 unspecified atom stereocenters. The summed E-state index contributed by atoms with van der Waals surface area (Å²) in [6.45, 7) is 2.23. The van der Waals surface area contributed by atoms with E-state index in [2.05, 4.69) is 10.6 Å². The van der Waals surface area contributed by atoms with Gasteiger partial charge in [-0.1, -0.05) is 18.2 Å².